The molecular formula is C9H9ClOS. The zero-order chi connectivity index (χ0) is 9.14. The van der Waals surface area contributed by atoms with E-state index in [4.69, 9.17) is 11.6 Å². The molecule has 1 rings (SSSR count). The van der Waals surface area contributed by atoms with Crippen LogP contribution in [0.2, 0.25) is 5.02 Å². The summed E-state index contributed by atoms with van der Waals surface area (Å²) >= 11 is 9.93. The molecule has 1 aromatic rings. The molecule has 0 spiro atoms. The van der Waals surface area contributed by atoms with Gasteiger partial charge in [0.15, 0.2) is 0 Å². The topological polar surface area (TPSA) is 17.1 Å². The minimum absolute atomic E-state index is 0.132. The van der Waals surface area contributed by atoms with E-state index in [1.807, 2.05) is 6.07 Å². The van der Waals surface area contributed by atoms with Gasteiger partial charge < -0.3 is 0 Å². The van der Waals surface area contributed by atoms with Crippen LogP contribution in [0.1, 0.15) is 12.5 Å². The average Bonchev–Trinajstić information content (AvgIpc) is 1.94. The Kier molecular flexibility index (Phi) is 3.18. The summed E-state index contributed by atoms with van der Waals surface area (Å²) in [6, 6.07) is 5.33. The standard InChI is InChI=1S/C9H9ClOS/c1-6(11)4-7-2-3-8(10)5-9(7)12/h2-3,5,12H,4H2,1H3. The van der Waals surface area contributed by atoms with Crippen LogP contribution in [-0.2, 0) is 11.2 Å². The molecule has 0 aliphatic heterocycles. The van der Waals surface area contributed by atoms with E-state index < -0.39 is 0 Å². The Morgan fingerprint density at radius 1 is 1.58 bits per heavy atom. The Bertz CT molecular complexity index is 309. The van der Waals surface area contributed by atoms with Crippen LogP contribution >= 0.6 is 24.2 Å². The summed E-state index contributed by atoms with van der Waals surface area (Å²) in [5.74, 6) is 0.132. The van der Waals surface area contributed by atoms with Crippen LogP contribution in [0.3, 0.4) is 0 Å². The van der Waals surface area contributed by atoms with Gasteiger partial charge in [0.25, 0.3) is 0 Å². The molecule has 12 heavy (non-hydrogen) atoms. The second-order valence-electron chi connectivity index (χ2n) is 2.65. The first kappa shape index (κ1) is 9.62. The quantitative estimate of drug-likeness (QED) is 0.727. The molecular weight excluding hydrogens is 192 g/mol. The molecule has 0 amide bonds. The highest BCUT2D eigenvalue weighted by atomic mass is 35.5. The summed E-state index contributed by atoms with van der Waals surface area (Å²) < 4.78 is 0. The van der Waals surface area contributed by atoms with E-state index in [2.05, 4.69) is 12.6 Å². The zero-order valence-corrected chi connectivity index (χ0v) is 8.32. The lowest BCUT2D eigenvalue weighted by Gasteiger charge is -2.01. The van der Waals surface area contributed by atoms with E-state index in [0.29, 0.717) is 11.4 Å². The Balaban J connectivity index is 2.93. The van der Waals surface area contributed by atoms with Gasteiger partial charge in [-0.05, 0) is 24.6 Å². The van der Waals surface area contributed by atoms with Gasteiger partial charge in [-0.25, -0.2) is 0 Å². The van der Waals surface area contributed by atoms with E-state index >= 15 is 0 Å². The van der Waals surface area contributed by atoms with Crippen molar-refractivity contribution in [2.75, 3.05) is 0 Å². The minimum Gasteiger partial charge on any atom is -0.300 e. The van der Waals surface area contributed by atoms with Gasteiger partial charge >= 0.3 is 0 Å². The molecule has 0 aliphatic rings. The van der Waals surface area contributed by atoms with Gasteiger partial charge in [0.05, 0.1) is 0 Å². The Morgan fingerprint density at radius 3 is 2.75 bits per heavy atom. The summed E-state index contributed by atoms with van der Waals surface area (Å²) in [5.41, 5.74) is 0.926. The lowest BCUT2D eigenvalue weighted by molar-refractivity contribution is -0.116. The zero-order valence-electron chi connectivity index (χ0n) is 6.67. The minimum atomic E-state index is 0.132. The molecule has 0 saturated heterocycles. The number of halogens is 1. The van der Waals surface area contributed by atoms with Gasteiger partial charge in [-0.2, -0.15) is 0 Å². The normalized spacial score (nSPS) is 9.92. The molecule has 0 aromatic heterocycles. The Morgan fingerprint density at radius 2 is 2.25 bits per heavy atom. The molecule has 0 bridgehead atoms. The number of hydrogen-bond acceptors (Lipinski definition) is 2. The van der Waals surface area contributed by atoms with Gasteiger partial charge in [-0.3, -0.25) is 4.79 Å². The summed E-state index contributed by atoms with van der Waals surface area (Å²) in [7, 11) is 0. The predicted octanol–water partition coefficient (Wildman–Crippen LogP) is 2.76. The molecule has 0 radical (unpaired) electrons. The number of hydrogen-bond donors (Lipinski definition) is 1. The maximum Gasteiger partial charge on any atom is 0.134 e. The van der Waals surface area contributed by atoms with Crippen molar-refractivity contribution in [2.45, 2.75) is 18.2 Å². The second-order valence-corrected chi connectivity index (χ2v) is 3.57. The molecule has 0 atom stereocenters. The van der Waals surface area contributed by atoms with Crippen LogP contribution in [0.15, 0.2) is 23.1 Å². The predicted molar refractivity (Wildman–Crippen MR) is 53.1 cm³/mol. The highest BCUT2D eigenvalue weighted by molar-refractivity contribution is 7.80. The van der Waals surface area contributed by atoms with Gasteiger partial charge in [0.1, 0.15) is 5.78 Å². The Labute approximate surface area is 82.1 Å². The van der Waals surface area contributed by atoms with Gasteiger partial charge in [-0.1, -0.05) is 17.7 Å². The molecule has 1 aromatic carbocycles. The van der Waals surface area contributed by atoms with Crippen molar-refractivity contribution in [3.63, 3.8) is 0 Å². The van der Waals surface area contributed by atoms with Crippen molar-refractivity contribution in [1.82, 2.24) is 0 Å². The number of ketones is 1. The third-order valence-electron chi connectivity index (χ3n) is 1.49. The van der Waals surface area contributed by atoms with E-state index in [0.717, 1.165) is 10.5 Å². The molecule has 64 valence electrons. The van der Waals surface area contributed by atoms with Crippen molar-refractivity contribution < 1.29 is 4.79 Å². The maximum absolute atomic E-state index is 10.8. The maximum atomic E-state index is 10.8. The second kappa shape index (κ2) is 3.97. The number of carbonyl (C=O) groups is 1. The van der Waals surface area contributed by atoms with E-state index in [1.165, 1.54) is 0 Å². The summed E-state index contributed by atoms with van der Waals surface area (Å²) in [4.78, 5) is 11.6. The number of rotatable bonds is 2. The third-order valence-corrected chi connectivity index (χ3v) is 2.14. The molecule has 0 aliphatic carbocycles. The number of benzene rings is 1. The van der Waals surface area contributed by atoms with Crippen molar-refractivity contribution in [3.05, 3.63) is 28.8 Å². The van der Waals surface area contributed by atoms with Gasteiger partial charge in [0, 0.05) is 16.3 Å². The fraction of sp³-hybridized carbons (Fsp3) is 0.222. The van der Waals surface area contributed by atoms with E-state index in [1.54, 1.807) is 19.1 Å². The fourth-order valence-corrected chi connectivity index (χ4v) is 1.50. The van der Waals surface area contributed by atoms with Crippen LogP contribution in [0.5, 0.6) is 0 Å². The highest BCUT2D eigenvalue weighted by Crippen LogP contribution is 2.19. The number of Topliss-reactive ketones (excluding diaryl/α,β-unsaturated/α-hetero) is 1. The summed E-state index contributed by atoms with van der Waals surface area (Å²) in [6.45, 7) is 1.56. The molecule has 0 unspecified atom stereocenters. The molecule has 1 nitrogen and oxygen atoms in total. The van der Waals surface area contributed by atoms with Crippen molar-refractivity contribution in [1.29, 1.82) is 0 Å². The van der Waals surface area contributed by atoms with Crippen LogP contribution in [-0.4, -0.2) is 5.78 Å². The molecule has 0 fully saturated rings. The van der Waals surface area contributed by atoms with Crippen molar-refractivity contribution in [3.8, 4) is 0 Å². The Hall–Kier alpha value is -0.470. The molecule has 0 saturated carbocycles. The summed E-state index contributed by atoms with van der Waals surface area (Å²) in [5, 5.41) is 0.646. The van der Waals surface area contributed by atoms with Crippen LogP contribution < -0.4 is 0 Å². The number of thiol groups is 1. The lowest BCUT2D eigenvalue weighted by atomic mass is 10.1. The first-order valence-electron chi connectivity index (χ1n) is 3.56. The first-order valence-corrected chi connectivity index (χ1v) is 4.39. The molecule has 0 N–H and O–H groups in total. The van der Waals surface area contributed by atoms with Gasteiger partial charge in [-0.15, -0.1) is 12.6 Å². The first-order chi connectivity index (χ1) is 5.59. The largest absolute Gasteiger partial charge is 0.300 e. The van der Waals surface area contributed by atoms with Crippen molar-refractivity contribution in [2.24, 2.45) is 0 Å². The SMILES string of the molecule is CC(=O)Cc1ccc(Cl)cc1S. The van der Waals surface area contributed by atoms with Crippen LogP contribution in [0, 0.1) is 0 Å². The fourth-order valence-electron chi connectivity index (χ4n) is 0.955. The summed E-state index contributed by atoms with van der Waals surface area (Å²) in [6.07, 6.45) is 0.427. The average molecular weight is 201 g/mol. The third kappa shape index (κ3) is 2.54. The van der Waals surface area contributed by atoms with E-state index in [9.17, 15) is 4.79 Å². The smallest absolute Gasteiger partial charge is 0.134 e. The van der Waals surface area contributed by atoms with E-state index in [-0.39, 0.29) is 5.78 Å². The van der Waals surface area contributed by atoms with Gasteiger partial charge in [0.2, 0.25) is 0 Å². The molecule has 3 heteroatoms. The molecule has 0 heterocycles. The van der Waals surface area contributed by atoms with Crippen molar-refractivity contribution >= 4 is 30.0 Å². The van der Waals surface area contributed by atoms with Crippen LogP contribution in [0.4, 0.5) is 0 Å². The lowest BCUT2D eigenvalue weighted by Crippen LogP contribution is -1.96. The highest BCUT2D eigenvalue weighted by Gasteiger charge is 2.02. The number of carbonyl (C=O) groups excluding carboxylic acids is 1. The van der Waals surface area contributed by atoms with Crippen LogP contribution in [0.25, 0.3) is 0 Å². The monoisotopic (exact) mass is 200 g/mol.